The Balaban J connectivity index is 1.98. The van der Waals surface area contributed by atoms with Gasteiger partial charge in [0.2, 0.25) is 0 Å². The number of nitrogens with zero attached hydrogens (tertiary/aromatic N) is 1. The van der Waals surface area contributed by atoms with Gasteiger partial charge >= 0.3 is 0 Å². The molecular weight excluding hydrogens is 394 g/mol. The summed E-state index contributed by atoms with van der Waals surface area (Å²) in [6.07, 6.45) is 0.592. The standard InChI is InChI=1S/C25H29NO5/c1-17(2)16-31-20-12-10-19(11-13-20)23(27)21-22(18-8-5-4-6-9-18)26(14-7-15-30-3)25(29)24(21)28/h4-6,8-13,17,22,27H,7,14-16H2,1-3H3/t22-/m1/s1. The van der Waals surface area contributed by atoms with E-state index in [0.717, 1.165) is 5.56 Å². The molecule has 1 aliphatic heterocycles. The van der Waals surface area contributed by atoms with Crippen LogP contribution < -0.4 is 4.74 Å². The van der Waals surface area contributed by atoms with Gasteiger partial charge in [-0.15, -0.1) is 0 Å². The number of ether oxygens (including phenoxy) is 2. The lowest BCUT2D eigenvalue weighted by Crippen LogP contribution is -2.31. The summed E-state index contributed by atoms with van der Waals surface area (Å²) in [4.78, 5) is 27.2. The molecule has 0 spiro atoms. The van der Waals surface area contributed by atoms with Gasteiger partial charge in [0.05, 0.1) is 18.2 Å². The second kappa shape index (κ2) is 10.3. The SMILES string of the molecule is COCCCN1C(=O)C(=O)C(=C(O)c2ccc(OCC(C)C)cc2)[C@H]1c1ccccc1. The summed E-state index contributed by atoms with van der Waals surface area (Å²) < 4.78 is 10.8. The minimum Gasteiger partial charge on any atom is -0.507 e. The molecule has 31 heavy (non-hydrogen) atoms. The molecule has 0 aromatic heterocycles. The second-order valence-corrected chi connectivity index (χ2v) is 7.98. The van der Waals surface area contributed by atoms with E-state index >= 15 is 0 Å². The van der Waals surface area contributed by atoms with Gasteiger partial charge in [0.1, 0.15) is 11.5 Å². The summed E-state index contributed by atoms with van der Waals surface area (Å²) in [5.74, 6) is -0.387. The zero-order chi connectivity index (χ0) is 22.4. The molecule has 2 aromatic carbocycles. The van der Waals surface area contributed by atoms with Crippen molar-refractivity contribution in [1.82, 2.24) is 4.90 Å². The van der Waals surface area contributed by atoms with Crippen LogP contribution in [0.25, 0.3) is 5.76 Å². The van der Waals surface area contributed by atoms with E-state index in [0.29, 0.717) is 43.4 Å². The lowest BCUT2D eigenvalue weighted by molar-refractivity contribution is -0.140. The number of hydrogen-bond acceptors (Lipinski definition) is 5. The van der Waals surface area contributed by atoms with Crippen molar-refractivity contribution >= 4 is 17.4 Å². The summed E-state index contributed by atoms with van der Waals surface area (Å²) in [6, 6.07) is 15.6. The van der Waals surface area contributed by atoms with Crippen molar-refractivity contribution in [1.29, 1.82) is 0 Å². The zero-order valence-corrected chi connectivity index (χ0v) is 18.2. The van der Waals surface area contributed by atoms with Gasteiger partial charge in [0, 0.05) is 25.8 Å². The summed E-state index contributed by atoms with van der Waals surface area (Å²) >= 11 is 0. The summed E-state index contributed by atoms with van der Waals surface area (Å²) in [5, 5.41) is 11.1. The fourth-order valence-electron chi connectivity index (χ4n) is 3.60. The third-order valence-corrected chi connectivity index (χ3v) is 5.11. The molecule has 1 saturated heterocycles. The van der Waals surface area contributed by atoms with Crippen LogP contribution in [0.15, 0.2) is 60.2 Å². The number of carbonyl (C=O) groups is 2. The van der Waals surface area contributed by atoms with Crippen LogP contribution in [0.5, 0.6) is 5.75 Å². The summed E-state index contributed by atoms with van der Waals surface area (Å²) in [7, 11) is 1.59. The molecule has 1 aliphatic rings. The monoisotopic (exact) mass is 423 g/mol. The lowest BCUT2D eigenvalue weighted by Gasteiger charge is -2.25. The van der Waals surface area contributed by atoms with Crippen molar-refractivity contribution in [3.8, 4) is 5.75 Å². The quantitative estimate of drug-likeness (QED) is 0.283. The first-order valence-electron chi connectivity index (χ1n) is 10.5. The van der Waals surface area contributed by atoms with Crippen molar-refractivity contribution in [2.45, 2.75) is 26.3 Å². The van der Waals surface area contributed by atoms with Crippen LogP contribution in [0.2, 0.25) is 0 Å². The van der Waals surface area contributed by atoms with Crippen molar-refractivity contribution in [2.75, 3.05) is 26.9 Å². The Bertz CT molecular complexity index is 934. The number of aliphatic hydroxyl groups is 1. The van der Waals surface area contributed by atoms with E-state index in [4.69, 9.17) is 9.47 Å². The van der Waals surface area contributed by atoms with Gasteiger partial charge in [0.15, 0.2) is 0 Å². The van der Waals surface area contributed by atoms with Crippen LogP contribution in [0.4, 0.5) is 0 Å². The number of amides is 1. The van der Waals surface area contributed by atoms with E-state index in [2.05, 4.69) is 13.8 Å². The van der Waals surface area contributed by atoms with Crippen molar-refractivity contribution in [3.05, 3.63) is 71.3 Å². The first-order chi connectivity index (χ1) is 14.9. The molecule has 0 radical (unpaired) electrons. The number of ketones is 1. The number of carbonyl (C=O) groups excluding carboxylic acids is 2. The molecule has 1 heterocycles. The second-order valence-electron chi connectivity index (χ2n) is 7.98. The highest BCUT2D eigenvalue weighted by Crippen LogP contribution is 2.39. The molecule has 6 nitrogen and oxygen atoms in total. The van der Waals surface area contributed by atoms with E-state index < -0.39 is 17.7 Å². The minimum absolute atomic E-state index is 0.101. The Morgan fingerprint density at radius 2 is 1.74 bits per heavy atom. The highest BCUT2D eigenvalue weighted by Gasteiger charge is 2.45. The number of aliphatic hydroxyl groups excluding tert-OH is 1. The van der Waals surface area contributed by atoms with E-state index in [1.807, 2.05) is 30.3 Å². The number of methoxy groups -OCH3 is 1. The van der Waals surface area contributed by atoms with E-state index in [1.54, 1.807) is 31.4 Å². The lowest BCUT2D eigenvalue weighted by atomic mass is 9.95. The predicted molar refractivity (Wildman–Crippen MR) is 119 cm³/mol. The molecular formula is C25H29NO5. The number of benzene rings is 2. The summed E-state index contributed by atoms with van der Waals surface area (Å²) in [5.41, 5.74) is 1.34. The highest BCUT2D eigenvalue weighted by molar-refractivity contribution is 6.46. The summed E-state index contributed by atoms with van der Waals surface area (Å²) in [6.45, 7) is 5.55. The van der Waals surface area contributed by atoms with Crippen LogP contribution >= 0.6 is 0 Å². The largest absolute Gasteiger partial charge is 0.507 e. The molecule has 0 unspecified atom stereocenters. The molecule has 6 heteroatoms. The van der Waals surface area contributed by atoms with E-state index in [-0.39, 0.29) is 11.3 Å². The van der Waals surface area contributed by atoms with Gasteiger partial charge in [-0.05, 0) is 42.2 Å². The third-order valence-electron chi connectivity index (χ3n) is 5.11. The van der Waals surface area contributed by atoms with Crippen molar-refractivity contribution < 1.29 is 24.2 Å². The molecule has 1 amide bonds. The van der Waals surface area contributed by atoms with Gasteiger partial charge in [-0.3, -0.25) is 9.59 Å². The molecule has 3 rings (SSSR count). The molecule has 164 valence electrons. The van der Waals surface area contributed by atoms with Crippen molar-refractivity contribution in [3.63, 3.8) is 0 Å². The topological polar surface area (TPSA) is 76.1 Å². The Morgan fingerprint density at radius 3 is 2.35 bits per heavy atom. The minimum atomic E-state index is -0.677. The van der Waals surface area contributed by atoms with Crippen molar-refractivity contribution in [2.24, 2.45) is 5.92 Å². The maximum absolute atomic E-state index is 12.9. The Morgan fingerprint density at radius 1 is 1.06 bits per heavy atom. The molecule has 0 saturated carbocycles. The third kappa shape index (κ3) is 5.14. The van der Waals surface area contributed by atoms with Crippen LogP contribution in [0.1, 0.15) is 37.4 Å². The molecule has 1 fully saturated rings. The van der Waals surface area contributed by atoms with Crippen LogP contribution in [-0.2, 0) is 14.3 Å². The maximum atomic E-state index is 12.9. The van der Waals surface area contributed by atoms with Gasteiger partial charge < -0.3 is 19.5 Å². The fourth-order valence-corrected chi connectivity index (χ4v) is 3.60. The number of likely N-dealkylation sites (tertiary alicyclic amines) is 1. The first-order valence-corrected chi connectivity index (χ1v) is 10.5. The average molecular weight is 424 g/mol. The Kier molecular flexibility index (Phi) is 7.47. The molecule has 0 bridgehead atoms. The number of Topliss-reactive ketones (excluding diaryl/α,β-unsaturated/α-hetero) is 1. The number of rotatable bonds is 9. The molecule has 2 aromatic rings. The van der Waals surface area contributed by atoms with Gasteiger partial charge in [0.25, 0.3) is 11.7 Å². The van der Waals surface area contributed by atoms with Gasteiger partial charge in [-0.25, -0.2) is 0 Å². The highest BCUT2D eigenvalue weighted by atomic mass is 16.5. The predicted octanol–water partition coefficient (Wildman–Crippen LogP) is 4.18. The fraction of sp³-hybridized carbons (Fsp3) is 0.360. The van der Waals surface area contributed by atoms with E-state index in [9.17, 15) is 14.7 Å². The van der Waals surface area contributed by atoms with E-state index in [1.165, 1.54) is 4.90 Å². The molecule has 0 aliphatic carbocycles. The Hall–Kier alpha value is -3.12. The molecule has 1 atom stereocenters. The molecule has 1 N–H and O–H groups in total. The van der Waals surface area contributed by atoms with Gasteiger partial charge in [-0.2, -0.15) is 0 Å². The number of hydrogen-bond donors (Lipinski definition) is 1. The average Bonchev–Trinajstić information content (AvgIpc) is 3.03. The normalized spacial score (nSPS) is 18.1. The smallest absolute Gasteiger partial charge is 0.295 e. The first kappa shape index (κ1) is 22.6. The zero-order valence-electron chi connectivity index (χ0n) is 18.2. The van der Waals surface area contributed by atoms with Crippen LogP contribution in [-0.4, -0.2) is 48.6 Å². The Labute approximate surface area is 183 Å². The maximum Gasteiger partial charge on any atom is 0.295 e. The van der Waals surface area contributed by atoms with Crippen LogP contribution in [0, 0.1) is 5.92 Å². The van der Waals surface area contributed by atoms with Crippen LogP contribution in [0.3, 0.4) is 0 Å². The van der Waals surface area contributed by atoms with Gasteiger partial charge in [-0.1, -0.05) is 44.2 Å².